The van der Waals surface area contributed by atoms with Gasteiger partial charge < -0.3 is 10.0 Å². The van der Waals surface area contributed by atoms with E-state index in [9.17, 15) is 9.90 Å². The number of carboxylic acids is 1. The van der Waals surface area contributed by atoms with Crippen molar-refractivity contribution >= 4 is 17.7 Å². The molecule has 22 heavy (non-hydrogen) atoms. The van der Waals surface area contributed by atoms with Gasteiger partial charge in [-0.1, -0.05) is 39.5 Å². The predicted octanol–water partition coefficient (Wildman–Crippen LogP) is 4.68. The molecule has 1 aromatic rings. The molecule has 1 N–H and O–H groups in total. The Balaban J connectivity index is 2.59. The van der Waals surface area contributed by atoms with Gasteiger partial charge in [-0.15, -0.1) is 0 Å². The van der Waals surface area contributed by atoms with Crippen LogP contribution in [0.15, 0.2) is 24.8 Å². The first kappa shape index (κ1) is 16.6. The van der Waals surface area contributed by atoms with E-state index in [0.29, 0.717) is 11.5 Å². The van der Waals surface area contributed by atoms with E-state index in [1.54, 1.807) is 12.1 Å². The third kappa shape index (κ3) is 2.43. The fourth-order valence-electron chi connectivity index (χ4n) is 3.42. The summed E-state index contributed by atoms with van der Waals surface area (Å²) in [5.41, 5.74) is 2.07. The van der Waals surface area contributed by atoms with Crippen LogP contribution in [-0.2, 0) is 0 Å². The van der Waals surface area contributed by atoms with Crippen LogP contribution in [0.5, 0.6) is 0 Å². The Hall–Kier alpha value is -1.77. The number of aromatic carboxylic acids is 1. The summed E-state index contributed by atoms with van der Waals surface area (Å²) in [4.78, 5) is 13.9. The molecule has 0 spiro atoms. The van der Waals surface area contributed by atoms with Crippen molar-refractivity contribution in [3.63, 3.8) is 0 Å². The smallest absolute Gasteiger partial charge is 0.337 e. The summed E-state index contributed by atoms with van der Waals surface area (Å²) in [6.07, 6.45) is 2.83. The van der Waals surface area contributed by atoms with Gasteiger partial charge in [-0.25, -0.2) is 4.79 Å². The van der Waals surface area contributed by atoms with E-state index < -0.39 is 5.97 Å². The van der Waals surface area contributed by atoms with E-state index in [4.69, 9.17) is 0 Å². The molecule has 0 aliphatic carbocycles. The normalized spacial score (nSPS) is 23.1. The quantitative estimate of drug-likeness (QED) is 0.881. The Morgan fingerprint density at radius 3 is 2.55 bits per heavy atom. The third-order valence-electron chi connectivity index (χ3n) is 6.05. The van der Waals surface area contributed by atoms with Gasteiger partial charge in [-0.05, 0) is 49.3 Å². The molecule has 120 valence electrons. The lowest BCUT2D eigenvalue weighted by Crippen LogP contribution is -2.61. The lowest BCUT2D eigenvalue weighted by atomic mass is 9.62. The Labute approximate surface area is 133 Å². The SMILES string of the molecule is C=Cc1ccc(C(=O)O)c(N2CCC(C)C(C)(C)C2(C)C)c1. The number of nitrogens with zero attached hydrogens (tertiary/aromatic N) is 1. The molecule has 1 atom stereocenters. The maximum absolute atomic E-state index is 11.6. The van der Waals surface area contributed by atoms with Crippen LogP contribution in [0.4, 0.5) is 5.69 Å². The Morgan fingerprint density at radius 2 is 2.00 bits per heavy atom. The largest absolute Gasteiger partial charge is 0.478 e. The second-order valence-corrected chi connectivity index (χ2v) is 7.41. The van der Waals surface area contributed by atoms with Gasteiger partial charge in [0.1, 0.15) is 0 Å². The van der Waals surface area contributed by atoms with Crippen LogP contribution in [0, 0.1) is 11.3 Å². The number of hydrogen-bond acceptors (Lipinski definition) is 2. The van der Waals surface area contributed by atoms with Crippen molar-refractivity contribution in [1.82, 2.24) is 0 Å². The molecule has 3 nitrogen and oxygen atoms in total. The lowest BCUT2D eigenvalue weighted by Gasteiger charge is -2.57. The van der Waals surface area contributed by atoms with Crippen molar-refractivity contribution in [2.45, 2.75) is 46.6 Å². The van der Waals surface area contributed by atoms with Crippen molar-refractivity contribution in [1.29, 1.82) is 0 Å². The predicted molar refractivity (Wildman–Crippen MR) is 92.5 cm³/mol. The van der Waals surface area contributed by atoms with Gasteiger partial charge >= 0.3 is 5.97 Å². The summed E-state index contributed by atoms with van der Waals surface area (Å²) in [6.45, 7) is 16.0. The number of anilines is 1. The van der Waals surface area contributed by atoms with Crippen molar-refractivity contribution in [3.05, 3.63) is 35.9 Å². The van der Waals surface area contributed by atoms with Crippen molar-refractivity contribution in [2.24, 2.45) is 11.3 Å². The molecular formula is C19H27NO2. The zero-order valence-electron chi connectivity index (χ0n) is 14.3. The molecule has 1 aromatic carbocycles. The molecule has 0 saturated carbocycles. The molecule has 2 rings (SSSR count). The van der Waals surface area contributed by atoms with Gasteiger partial charge in [0.15, 0.2) is 0 Å². The molecule has 0 bridgehead atoms. The molecule has 1 saturated heterocycles. The average molecular weight is 301 g/mol. The van der Waals surface area contributed by atoms with E-state index in [1.165, 1.54) is 0 Å². The molecular weight excluding hydrogens is 274 g/mol. The summed E-state index contributed by atoms with van der Waals surface area (Å²) in [5, 5.41) is 9.56. The first-order chi connectivity index (χ1) is 10.1. The fourth-order valence-corrected chi connectivity index (χ4v) is 3.42. The third-order valence-corrected chi connectivity index (χ3v) is 6.05. The van der Waals surface area contributed by atoms with E-state index in [0.717, 1.165) is 24.2 Å². The van der Waals surface area contributed by atoms with Gasteiger partial charge in [-0.3, -0.25) is 0 Å². The van der Waals surface area contributed by atoms with Crippen molar-refractivity contribution in [2.75, 3.05) is 11.4 Å². The molecule has 0 radical (unpaired) electrons. The fraction of sp³-hybridized carbons (Fsp3) is 0.526. The van der Waals surface area contributed by atoms with Crippen LogP contribution in [-0.4, -0.2) is 23.2 Å². The zero-order chi connectivity index (χ0) is 16.7. The molecule has 1 aliphatic heterocycles. The minimum atomic E-state index is -0.877. The van der Waals surface area contributed by atoms with Gasteiger partial charge in [0.25, 0.3) is 0 Å². The molecule has 1 aliphatic rings. The summed E-state index contributed by atoms with van der Waals surface area (Å²) in [7, 11) is 0. The lowest BCUT2D eigenvalue weighted by molar-refractivity contribution is 0.0679. The molecule has 0 amide bonds. The number of piperidine rings is 1. The highest BCUT2D eigenvalue weighted by Gasteiger charge is 2.48. The topological polar surface area (TPSA) is 40.5 Å². The first-order valence-electron chi connectivity index (χ1n) is 7.90. The first-order valence-corrected chi connectivity index (χ1v) is 7.90. The van der Waals surface area contributed by atoms with E-state index in [1.807, 2.05) is 12.1 Å². The van der Waals surface area contributed by atoms with Crippen LogP contribution >= 0.6 is 0 Å². The Morgan fingerprint density at radius 1 is 1.36 bits per heavy atom. The summed E-state index contributed by atoms with van der Waals surface area (Å²) in [6, 6.07) is 5.45. The minimum absolute atomic E-state index is 0.0885. The molecule has 1 fully saturated rings. The standard InChI is InChI=1S/C19H27NO2/c1-7-14-8-9-15(17(21)22)16(12-14)20-11-10-13(2)18(3,4)19(20,5)6/h7-9,12-13H,1,10-11H2,2-6H3,(H,21,22). The second-order valence-electron chi connectivity index (χ2n) is 7.41. The number of hydrogen-bond donors (Lipinski definition) is 1. The van der Waals surface area contributed by atoms with Gasteiger partial charge in [0.2, 0.25) is 0 Å². The number of benzene rings is 1. The van der Waals surface area contributed by atoms with Crippen LogP contribution < -0.4 is 4.90 Å². The zero-order valence-corrected chi connectivity index (χ0v) is 14.3. The van der Waals surface area contributed by atoms with Crippen LogP contribution in [0.2, 0.25) is 0 Å². The van der Waals surface area contributed by atoms with Gasteiger partial charge in [0.05, 0.1) is 11.3 Å². The van der Waals surface area contributed by atoms with E-state index in [2.05, 4.69) is 46.1 Å². The van der Waals surface area contributed by atoms with Gasteiger partial charge in [-0.2, -0.15) is 0 Å². The second kappa shape index (κ2) is 5.45. The van der Waals surface area contributed by atoms with E-state index in [-0.39, 0.29) is 11.0 Å². The maximum Gasteiger partial charge on any atom is 0.337 e. The van der Waals surface area contributed by atoms with Crippen molar-refractivity contribution < 1.29 is 9.90 Å². The molecule has 0 aromatic heterocycles. The van der Waals surface area contributed by atoms with Gasteiger partial charge in [0, 0.05) is 12.1 Å². The highest BCUT2D eigenvalue weighted by atomic mass is 16.4. The number of carbonyl (C=O) groups is 1. The Kier molecular flexibility index (Phi) is 4.12. The number of rotatable bonds is 3. The summed E-state index contributed by atoms with van der Waals surface area (Å²) < 4.78 is 0. The molecule has 3 heteroatoms. The van der Waals surface area contributed by atoms with Crippen LogP contribution in [0.1, 0.15) is 57.0 Å². The minimum Gasteiger partial charge on any atom is -0.478 e. The molecule has 1 heterocycles. The highest BCUT2D eigenvalue weighted by Crippen LogP contribution is 2.49. The summed E-state index contributed by atoms with van der Waals surface area (Å²) in [5.74, 6) is -0.285. The summed E-state index contributed by atoms with van der Waals surface area (Å²) >= 11 is 0. The molecule has 1 unspecified atom stereocenters. The van der Waals surface area contributed by atoms with Crippen molar-refractivity contribution in [3.8, 4) is 0 Å². The Bertz CT molecular complexity index is 601. The number of carboxylic acid groups (broad SMARTS) is 1. The van der Waals surface area contributed by atoms with Crippen LogP contribution in [0.3, 0.4) is 0 Å². The van der Waals surface area contributed by atoms with E-state index >= 15 is 0 Å². The van der Waals surface area contributed by atoms with Crippen LogP contribution in [0.25, 0.3) is 6.08 Å². The monoisotopic (exact) mass is 301 g/mol. The average Bonchev–Trinajstić information content (AvgIpc) is 2.44. The highest BCUT2D eigenvalue weighted by molar-refractivity contribution is 5.95. The maximum atomic E-state index is 11.6.